The molecular weight excluding hydrogens is 296 g/mol. The second kappa shape index (κ2) is 7.47. The van der Waals surface area contributed by atoms with Crippen molar-refractivity contribution in [2.45, 2.75) is 13.8 Å². The first kappa shape index (κ1) is 15.8. The molecule has 0 amide bonds. The van der Waals surface area contributed by atoms with Crippen molar-refractivity contribution in [2.24, 2.45) is 5.10 Å². The molecule has 0 saturated carbocycles. The zero-order valence-corrected chi connectivity index (χ0v) is 13.9. The highest BCUT2D eigenvalue weighted by molar-refractivity contribution is 5.80. The number of anilines is 1. The van der Waals surface area contributed by atoms with E-state index in [1.165, 1.54) is 11.1 Å². The number of aryl methyl sites for hydroxylation is 2. The van der Waals surface area contributed by atoms with Crippen LogP contribution in [0.2, 0.25) is 0 Å². The molecule has 0 radical (unpaired) electrons. The molecule has 0 spiro atoms. The van der Waals surface area contributed by atoms with Crippen LogP contribution in [0, 0.1) is 13.8 Å². The van der Waals surface area contributed by atoms with Gasteiger partial charge in [-0.2, -0.15) is 5.10 Å². The van der Waals surface area contributed by atoms with E-state index < -0.39 is 0 Å². The summed E-state index contributed by atoms with van der Waals surface area (Å²) in [5.41, 5.74) is 7.45. The van der Waals surface area contributed by atoms with E-state index in [2.05, 4.69) is 36.5 Å². The quantitative estimate of drug-likeness (QED) is 0.495. The molecule has 3 heteroatoms. The smallest absolute Gasteiger partial charge is 0.127 e. The largest absolute Gasteiger partial charge is 0.457 e. The van der Waals surface area contributed by atoms with Crippen molar-refractivity contribution >= 4 is 11.9 Å². The fourth-order valence-electron chi connectivity index (χ4n) is 2.23. The standard InChI is InChI=1S/C21H20N2O/c1-16-8-11-21(14-17(16)2)24-20-12-9-18(10-13-20)15-22-23-19-6-4-3-5-7-19/h3-15,23H,1-2H3. The highest BCUT2D eigenvalue weighted by atomic mass is 16.5. The number of benzene rings is 3. The van der Waals surface area contributed by atoms with Gasteiger partial charge in [-0.3, -0.25) is 5.43 Å². The third kappa shape index (κ3) is 4.23. The summed E-state index contributed by atoms with van der Waals surface area (Å²) in [6.07, 6.45) is 1.78. The van der Waals surface area contributed by atoms with E-state index in [1.807, 2.05) is 60.7 Å². The Morgan fingerprint density at radius 1 is 0.792 bits per heavy atom. The van der Waals surface area contributed by atoms with Gasteiger partial charge in [0.05, 0.1) is 11.9 Å². The van der Waals surface area contributed by atoms with Crippen LogP contribution in [0.1, 0.15) is 16.7 Å². The molecular formula is C21H20N2O. The van der Waals surface area contributed by atoms with Crippen LogP contribution < -0.4 is 10.2 Å². The summed E-state index contributed by atoms with van der Waals surface area (Å²) in [5, 5.41) is 4.23. The van der Waals surface area contributed by atoms with Crippen molar-refractivity contribution in [2.75, 3.05) is 5.43 Å². The molecule has 0 aliphatic rings. The number of nitrogens with one attached hydrogen (secondary N) is 1. The minimum atomic E-state index is 0.812. The van der Waals surface area contributed by atoms with Gasteiger partial charge in [0.1, 0.15) is 11.5 Å². The normalized spacial score (nSPS) is 10.8. The molecule has 0 aromatic heterocycles. The lowest BCUT2D eigenvalue weighted by atomic mass is 10.1. The van der Waals surface area contributed by atoms with Gasteiger partial charge in [-0.15, -0.1) is 0 Å². The van der Waals surface area contributed by atoms with E-state index in [9.17, 15) is 0 Å². The van der Waals surface area contributed by atoms with Crippen molar-refractivity contribution in [3.05, 3.63) is 89.5 Å². The summed E-state index contributed by atoms with van der Waals surface area (Å²) < 4.78 is 5.88. The van der Waals surface area contributed by atoms with E-state index in [4.69, 9.17) is 4.74 Å². The summed E-state index contributed by atoms with van der Waals surface area (Å²) in [4.78, 5) is 0. The van der Waals surface area contributed by atoms with Crippen LogP contribution in [0.25, 0.3) is 0 Å². The van der Waals surface area contributed by atoms with Crippen molar-refractivity contribution in [1.29, 1.82) is 0 Å². The fraction of sp³-hybridized carbons (Fsp3) is 0.0952. The molecule has 3 aromatic carbocycles. The first-order valence-electron chi connectivity index (χ1n) is 7.90. The van der Waals surface area contributed by atoms with Gasteiger partial charge >= 0.3 is 0 Å². The molecule has 0 saturated heterocycles. The topological polar surface area (TPSA) is 33.6 Å². The maximum atomic E-state index is 5.88. The van der Waals surface area contributed by atoms with Crippen molar-refractivity contribution in [1.82, 2.24) is 0 Å². The first-order valence-corrected chi connectivity index (χ1v) is 7.90. The Bertz CT molecular complexity index is 824. The summed E-state index contributed by atoms with van der Waals surface area (Å²) in [7, 11) is 0. The van der Waals surface area contributed by atoms with Crippen LogP contribution >= 0.6 is 0 Å². The number of hydrogen-bond acceptors (Lipinski definition) is 3. The molecule has 0 aliphatic carbocycles. The number of hydrogen-bond donors (Lipinski definition) is 1. The lowest BCUT2D eigenvalue weighted by Crippen LogP contribution is -1.91. The Labute approximate surface area is 142 Å². The van der Waals surface area contributed by atoms with Gasteiger partial charge < -0.3 is 4.74 Å². The molecule has 3 aromatic rings. The molecule has 0 aliphatic heterocycles. The van der Waals surface area contributed by atoms with Crippen LogP contribution in [0.15, 0.2) is 77.9 Å². The lowest BCUT2D eigenvalue weighted by Gasteiger charge is -2.08. The lowest BCUT2D eigenvalue weighted by molar-refractivity contribution is 0.482. The van der Waals surface area contributed by atoms with Crippen LogP contribution in [-0.4, -0.2) is 6.21 Å². The Hall–Kier alpha value is -3.07. The van der Waals surface area contributed by atoms with Gasteiger partial charge in [-0.1, -0.05) is 24.3 Å². The van der Waals surface area contributed by atoms with Crippen molar-refractivity contribution < 1.29 is 4.74 Å². The summed E-state index contributed by atoms with van der Waals surface area (Å²) in [5.74, 6) is 1.66. The monoisotopic (exact) mass is 316 g/mol. The molecule has 0 heterocycles. The molecule has 0 unspecified atom stereocenters. The highest BCUT2D eigenvalue weighted by Gasteiger charge is 1.99. The van der Waals surface area contributed by atoms with Gasteiger partial charge in [0.25, 0.3) is 0 Å². The summed E-state index contributed by atoms with van der Waals surface area (Å²) in [6, 6.07) is 23.8. The second-order valence-electron chi connectivity index (χ2n) is 5.65. The second-order valence-corrected chi connectivity index (χ2v) is 5.65. The highest BCUT2D eigenvalue weighted by Crippen LogP contribution is 2.23. The molecule has 120 valence electrons. The predicted molar refractivity (Wildman–Crippen MR) is 100 cm³/mol. The van der Waals surface area contributed by atoms with Crippen LogP contribution in [0.5, 0.6) is 11.5 Å². The molecule has 3 rings (SSSR count). The third-order valence-corrected chi connectivity index (χ3v) is 3.78. The number of ether oxygens (including phenoxy) is 1. The zero-order valence-electron chi connectivity index (χ0n) is 13.9. The Morgan fingerprint density at radius 3 is 2.21 bits per heavy atom. The Morgan fingerprint density at radius 2 is 1.50 bits per heavy atom. The fourth-order valence-corrected chi connectivity index (χ4v) is 2.23. The van der Waals surface area contributed by atoms with E-state index in [1.54, 1.807) is 6.21 Å². The molecule has 0 atom stereocenters. The van der Waals surface area contributed by atoms with E-state index in [0.717, 1.165) is 22.7 Å². The van der Waals surface area contributed by atoms with Gasteiger partial charge in [-0.25, -0.2) is 0 Å². The van der Waals surface area contributed by atoms with Gasteiger partial charge in [0.2, 0.25) is 0 Å². The number of rotatable bonds is 5. The minimum Gasteiger partial charge on any atom is -0.457 e. The maximum absolute atomic E-state index is 5.88. The van der Waals surface area contributed by atoms with E-state index in [-0.39, 0.29) is 0 Å². The SMILES string of the molecule is Cc1ccc(Oc2ccc(C=NNc3ccccc3)cc2)cc1C. The molecule has 24 heavy (non-hydrogen) atoms. The van der Waals surface area contributed by atoms with E-state index in [0.29, 0.717) is 0 Å². The number of para-hydroxylation sites is 1. The van der Waals surface area contributed by atoms with Crippen molar-refractivity contribution in [3.63, 3.8) is 0 Å². The minimum absolute atomic E-state index is 0.812. The predicted octanol–water partition coefficient (Wildman–Crippen LogP) is 5.54. The summed E-state index contributed by atoms with van der Waals surface area (Å²) >= 11 is 0. The van der Waals surface area contributed by atoms with E-state index >= 15 is 0 Å². The maximum Gasteiger partial charge on any atom is 0.127 e. The molecule has 0 fully saturated rings. The number of nitrogens with zero attached hydrogens (tertiary/aromatic N) is 1. The van der Waals surface area contributed by atoms with Crippen LogP contribution in [0.3, 0.4) is 0 Å². The van der Waals surface area contributed by atoms with Crippen LogP contribution in [-0.2, 0) is 0 Å². The molecule has 3 nitrogen and oxygen atoms in total. The van der Waals surface area contributed by atoms with Gasteiger partial charge in [0, 0.05) is 0 Å². The Balaban J connectivity index is 1.61. The van der Waals surface area contributed by atoms with Gasteiger partial charge in [0.15, 0.2) is 0 Å². The Kier molecular flexibility index (Phi) is 4.92. The summed E-state index contributed by atoms with van der Waals surface area (Å²) in [6.45, 7) is 4.18. The molecule has 0 bridgehead atoms. The van der Waals surface area contributed by atoms with Crippen molar-refractivity contribution in [3.8, 4) is 11.5 Å². The first-order chi connectivity index (χ1) is 11.7. The average molecular weight is 316 g/mol. The van der Waals surface area contributed by atoms with Gasteiger partial charge in [-0.05, 0) is 79.1 Å². The van der Waals surface area contributed by atoms with Crippen LogP contribution in [0.4, 0.5) is 5.69 Å². The average Bonchev–Trinajstić information content (AvgIpc) is 2.61. The molecule has 1 N–H and O–H groups in total. The third-order valence-electron chi connectivity index (χ3n) is 3.78. The zero-order chi connectivity index (χ0) is 16.8. The number of hydrazone groups is 1.